The van der Waals surface area contributed by atoms with Gasteiger partial charge in [-0.1, -0.05) is 0 Å². The third-order valence-corrected chi connectivity index (χ3v) is 1.48. The maximum absolute atomic E-state index is 10.0. The summed E-state index contributed by atoms with van der Waals surface area (Å²) in [5.41, 5.74) is 5.04. The van der Waals surface area contributed by atoms with E-state index in [4.69, 9.17) is 43.7 Å². The molecule has 0 spiro atoms. The van der Waals surface area contributed by atoms with Crippen LogP contribution in [-0.2, 0) is 15.2 Å². The molecular formula is C6H13K2NO9S. The van der Waals surface area contributed by atoms with Gasteiger partial charge in [0, 0.05) is 10.4 Å². The molecule has 0 saturated heterocycles. The number of aliphatic hydroxyl groups is 4. The van der Waals surface area contributed by atoms with E-state index in [1.54, 1.807) is 0 Å². The molecule has 0 aromatic heterocycles. The van der Waals surface area contributed by atoms with Crippen molar-refractivity contribution < 1.29 is 146 Å². The van der Waals surface area contributed by atoms with Crippen molar-refractivity contribution in [2.75, 3.05) is 6.61 Å². The number of hydrogen-bond acceptors (Lipinski definition) is 10. The van der Waals surface area contributed by atoms with Crippen molar-refractivity contribution in [3.8, 4) is 0 Å². The van der Waals surface area contributed by atoms with Gasteiger partial charge >= 0.3 is 103 Å². The number of nitrogens with two attached hydrogens (primary N) is 1. The van der Waals surface area contributed by atoms with Gasteiger partial charge in [-0.2, -0.15) is 0 Å². The Kier molecular flexibility index (Phi) is 24.2. The van der Waals surface area contributed by atoms with Crippen LogP contribution < -0.4 is 109 Å². The minimum absolute atomic E-state index is 0. The summed E-state index contributed by atoms with van der Waals surface area (Å²) in [5.74, 6) is 0. The molecule has 10 nitrogen and oxygen atoms in total. The summed E-state index contributed by atoms with van der Waals surface area (Å²) in [6, 6.07) is -1.26. The van der Waals surface area contributed by atoms with Gasteiger partial charge < -0.3 is 40.1 Å². The Labute approximate surface area is 195 Å². The van der Waals surface area contributed by atoms with Gasteiger partial charge in [0.25, 0.3) is 0 Å². The van der Waals surface area contributed by atoms with Crippen LogP contribution in [0.2, 0.25) is 0 Å². The van der Waals surface area contributed by atoms with E-state index in [2.05, 4.69) is 0 Å². The average molecular weight is 353 g/mol. The maximum atomic E-state index is 10.0. The van der Waals surface area contributed by atoms with Gasteiger partial charge in [-0.3, -0.25) is 8.42 Å². The molecule has 0 saturated carbocycles. The zero-order valence-electron chi connectivity index (χ0n) is 10.4. The zero-order valence-corrected chi connectivity index (χ0v) is 17.5. The second-order valence-electron chi connectivity index (χ2n) is 2.85. The predicted octanol–water partition coefficient (Wildman–Crippen LogP) is -10.7. The summed E-state index contributed by atoms with van der Waals surface area (Å²) in [6.45, 7) is -0.705. The van der Waals surface area contributed by atoms with Gasteiger partial charge in [-0.25, -0.2) is 0 Å². The van der Waals surface area contributed by atoms with E-state index in [0.29, 0.717) is 0 Å². The first-order chi connectivity index (χ1) is 7.54. The normalized spacial score (nSPS) is 16.4. The fourth-order valence-corrected chi connectivity index (χ4v) is 0.644. The summed E-state index contributed by atoms with van der Waals surface area (Å²) in [4.78, 5) is 10.0. The Hall–Kier alpha value is 2.61. The fourth-order valence-electron chi connectivity index (χ4n) is 0.644. The molecule has 0 aromatic carbocycles. The topological polar surface area (TPSA) is 204 Å². The van der Waals surface area contributed by atoms with Crippen molar-refractivity contribution in [3.63, 3.8) is 0 Å². The standard InChI is InChI=1S/C6H13NO5.2K.H2O4S/c7-3(1-8)5(11)6(12)4(10)2-9;;;1-5(2,3)4/h1,3-6,9-12H,2,7H2;;;(H2,1,2,3,4)/q;2*+1;/p-2/t3-,4+,5+,6+;;;/m0.../s1. The van der Waals surface area contributed by atoms with Crippen LogP contribution in [0.15, 0.2) is 0 Å². The van der Waals surface area contributed by atoms with Crippen LogP contribution in [0.5, 0.6) is 0 Å². The van der Waals surface area contributed by atoms with Crippen LogP contribution in [-0.4, -0.2) is 75.2 Å². The van der Waals surface area contributed by atoms with E-state index in [-0.39, 0.29) is 109 Å². The van der Waals surface area contributed by atoms with Crippen LogP contribution in [0.25, 0.3) is 0 Å². The molecule has 0 aliphatic heterocycles. The minimum Gasteiger partial charge on any atom is -0.759 e. The molecule has 13 heteroatoms. The van der Waals surface area contributed by atoms with Crippen molar-refractivity contribution in [3.05, 3.63) is 0 Å². The van der Waals surface area contributed by atoms with Gasteiger partial charge in [-0.05, 0) is 0 Å². The molecule has 6 N–H and O–H groups in total. The molecule has 0 amide bonds. The second-order valence-corrected chi connectivity index (χ2v) is 3.67. The van der Waals surface area contributed by atoms with Gasteiger partial charge in [0.1, 0.15) is 24.6 Å². The number of rotatable bonds is 5. The number of carbonyl (C=O) groups is 1. The van der Waals surface area contributed by atoms with Crippen molar-refractivity contribution >= 4 is 16.7 Å². The molecule has 0 aliphatic carbocycles. The van der Waals surface area contributed by atoms with Crippen molar-refractivity contribution in [1.82, 2.24) is 0 Å². The first-order valence-electron chi connectivity index (χ1n) is 4.07. The molecule has 0 bridgehead atoms. The summed E-state index contributed by atoms with van der Waals surface area (Å²) >= 11 is 0. The summed E-state index contributed by atoms with van der Waals surface area (Å²) in [6.07, 6.45) is -4.43. The third-order valence-electron chi connectivity index (χ3n) is 1.48. The summed E-state index contributed by atoms with van der Waals surface area (Å²) < 4.78 is 34.1. The van der Waals surface area contributed by atoms with Gasteiger partial charge in [0.2, 0.25) is 0 Å². The first-order valence-corrected chi connectivity index (χ1v) is 5.40. The summed E-state index contributed by atoms with van der Waals surface area (Å²) in [5, 5.41) is 35.2. The second kappa shape index (κ2) is 15.5. The Morgan fingerprint density at radius 3 is 1.63 bits per heavy atom. The molecule has 0 fully saturated rings. The number of carbonyl (C=O) groups excluding carboxylic acids is 1. The van der Waals surface area contributed by atoms with Gasteiger partial charge in [0.05, 0.1) is 12.6 Å². The van der Waals surface area contributed by atoms with Crippen LogP contribution in [0, 0.1) is 0 Å². The van der Waals surface area contributed by atoms with E-state index < -0.39 is 41.4 Å². The van der Waals surface area contributed by atoms with E-state index in [0.717, 1.165) is 0 Å². The third kappa shape index (κ3) is 20.6. The molecule has 0 heterocycles. The van der Waals surface area contributed by atoms with Crippen molar-refractivity contribution in [2.24, 2.45) is 5.73 Å². The quantitative estimate of drug-likeness (QED) is 0.136. The Balaban J connectivity index is -0.000000139. The van der Waals surface area contributed by atoms with Gasteiger partial charge in [0.15, 0.2) is 0 Å². The number of aldehydes is 1. The maximum Gasteiger partial charge on any atom is 1.00 e. The van der Waals surface area contributed by atoms with Crippen LogP contribution in [0.3, 0.4) is 0 Å². The van der Waals surface area contributed by atoms with Crippen LogP contribution in [0.1, 0.15) is 0 Å². The Morgan fingerprint density at radius 1 is 1.11 bits per heavy atom. The first kappa shape index (κ1) is 29.6. The molecule has 0 radical (unpaired) electrons. The summed E-state index contributed by atoms with van der Waals surface area (Å²) in [7, 11) is -5.17. The monoisotopic (exact) mass is 353 g/mol. The van der Waals surface area contributed by atoms with E-state index in [1.165, 1.54) is 0 Å². The molecule has 0 aromatic rings. The molecule has 0 rings (SSSR count). The largest absolute Gasteiger partial charge is 1.00 e. The molecule has 19 heavy (non-hydrogen) atoms. The van der Waals surface area contributed by atoms with Crippen molar-refractivity contribution in [1.29, 1.82) is 0 Å². The molecule has 4 atom stereocenters. The van der Waals surface area contributed by atoms with E-state index in [9.17, 15) is 4.79 Å². The zero-order chi connectivity index (χ0) is 14.2. The Bertz CT molecular complexity index is 306. The number of hydrogen-bond donors (Lipinski definition) is 5. The molecule has 0 aliphatic rings. The van der Waals surface area contributed by atoms with Crippen LogP contribution in [0.4, 0.5) is 0 Å². The minimum atomic E-state index is -5.17. The predicted molar refractivity (Wildman–Crippen MR) is 49.6 cm³/mol. The molecular weight excluding hydrogens is 340 g/mol. The average Bonchev–Trinajstić information content (AvgIpc) is 2.22. The number of aliphatic hydroxyl groups excluding tert-OH is 4. The molecule has 104 valence electrons. The molecule has 0 unspecified atom stereocenters. The fraction of sp³-hybridized carbons (Fsp3) is 0.833. The van der Waals surface area contributed by atoms with E-state index in [1.807, 2.05) is 0 Å². The van der Waals surface area contributed by atoms with E-state index >= 15 is 0 Å². The smallest absolute Gasteiger partial charge is 0.759 e. The van der Waals surface area contributed by atoms with Crippen molar-refractivity contribution in [2.45, 2.75) is 24.4 Å². The van der Waals surface area contributed by atoms with Gasteiger partial charge in [-0.15, -0.1) is 0 Å². The SMILES string of the molecule is N[C@@H](C=O)[C@@H](O)[C@H](O)[C@H](O)CO.O=S(=O)([O-])[O-].[K+].[K+]. The Morgan fingerprint density at radius 2 is 1.42 bits per heavy atom. The van der Waals surface area contributed by atoms with Crippen LogP contribution >= 0.6 is 0 Å².